The number of carbonyl (C=O) groups is 1. The van der Waals surface area contributed by atoms with Gasteiger partial charge in [-0.1, -0.05) is 0 Å². The monoisotopic (exact) mass is 393 g/mol. The molecular formula is C20H22F3N3O2. The van der Waals surface area contributed by atoms with Crippen LogP contribution < -0.4 is 4.90 Å². The molecule has 0 spiro atoms. The Morgan fingerprint density at radius 2 is 1.96 bits per heavy atom. The first kappa shape index (κ1) is 19.1. The molecule has 1 aromatic heterocycles. The molecule has 1 saturated heterocycles. The third-order valence-electron chi connectivity index (χ3n) is 5.90. The number of pyridine rings is 1. The number of nitrogens with zero attached hydrogens (tertiary/aromatic N) is 3. The largest absolute Gasteiger partial charge is 0.398 e. The second-order valence-corrected chi connectivity index (χ2v) is 7.78. The molecule has 5 nitrogen and oxygen atoms in total. The maximum Gasteiger partial charge on any atom is 0.398 e. The van der Waals surface area contributed by atoms with E-state index in [1.807, 2.05) is 19.1 Å². The summed E-state index contributed by atoms with van der Waals surface area (Å²) in [4.78, 5) is 22.8. The van der Waals surface area contributed by atoms with E-state index in [0.29, 0.717) is 37.2 Å². The fraction of sp³-hybridized carbons (Fsp3) is 0.550. The van der Waals surface area contributed by atoms with Gasteiger partial charge in [0.2, 0.25) is 0 Å². The molecular weight excluding hydrogens is 371 g/mol. The first-order valence-corrected chi connectivity index (χ1v) is 9.47. The van der Waals surface area contributed by atoms with Crippen LogP contribution in [0, 0.1) is 18.8 Å². The molecule has 1 fully saturated rings. The van der Waals surface area contributed by atoms with Crippen molar-refractivity contribution >= 4 is 17.3 Å². The van der Waals surface area contributed by atoms with Crippen LogP contribution in [0.15, 0.2) is 34.5 Å². The number of aliphatic hydroxyl groups is 1. The Labute approximate surface area is 161 Å². The zero-order chi connectivity index (χ0) is 20.1. The Hall–Kier alpha value is -2.22. The molecule has 0 amide bonds. The Morgan fingerprint density at radius 1 is 1.25 bits per heavy atom. The second kappa shape index (κ2) is 6.99. The van der Waals surface area contributed by atoms with Crippen LogP contribution in [0.4, 0.5) is 19.0 Å². The SMILES string of the molecule is Cc1ccnc(N2CCC(C3=NCC4=C3[C@H](C(F)(F)F)[C@H](O)C(=O)C4)CC2)c1. The number of alkyl halides is 3. The summed E-state index contributed by atoms with van der Waals surface area (Å²) in [7, 11) is 0. The summed E-state index contributed by atoms with van der Waals surface area (Å²) in [6.07, 6.45) is -3.75. The highest BCUT2D eigenvalue weighted by molar-refractivity contribution is 6.08. The second-order valence-electron chi connectivity index (χ2n) is 7.78. The van der Waals surface area contributed by atoms with Crippen LogP contribution in [-0.4, -0.2) is 53.5 Å². The predicted octanol–water partition coefficient (Wildman–Crippen LogP) is 2.87. The number of ketones is 1. The minimum Gasteiger partial charge on any atom is -0.384 e. The summed E-state index contributed by atoms with van der Waals surface area (Å²) < 4.78 is 40.9. The molecule has 0 bridgehead atoms. The molecule has 28 heavy (non-hydrogen) atoms. The van der Waals surface area contributed by atoms with Gasteiger partial charge in [-0.25, -0.2) is 4.98 Å². The van der Waals surface area contributed by atoms with Gasteiger partial charge < -0.3 is 10.0 Å². The average molecular weight is 393 g/mol. The maximum absolute atomic E-state index is 13.6. The van der Waals surface area contributed by atoms with Crippen molar-refractivity contribution in [1.29, 1.82) is 0 Å². The highest BCUT2D eigenvalue weighted by Crippen LogP contribution is 2.45. The fourth-order valence-electron chi connectivity index (χ4n) is 4.49. The Bertz CT molecular complexity index is 854. The number of hydrogen-bond donors (Lipinski definition) is 1. The van der Waals surface area contributed by atoms with Crippen LogP contribution in [0.3, 0.4) is 0 Å². The zero-order valence-corrected chi connectivity index (χ0v) is 15.5. The number of hydrogen-bond acceptors (Lipinski definition) is 5. The lowest BCUT2D eigenvalue weighted by Crippen LogP contribution is -2.46. The summed E-state index contributed by atoms with van der Waals surface area (Å²) in [5.41, 5.74) is 2.05. The van der Waals surface area contributed by atoms with E-state index in [0.717, 1.165) is 11.4 Å². The van der Waals surface area contributed by atoms with E-state index in [9.17, 15) is 23.1 Å². The third kappa shape index (κ3) is 3.34. The fourth-order valence-corrected chi connectivity index (χ4v) is 4.49. The third-order valence-corrected chi connectivity index (χ3v) is 5.90. The van der Waals surface area contributed by atoms with Gasteiger partial charge >= 0.3 is 6.18 Å². The van der Waals surface area contributed by atoms with E-state index in [1.165, 1.54) is 0 Å². The van der Waals surface area contributed by atoms with Crippen molar-refractivity contribution in [3.63, 3.8) is 0 Å². The van der Waals surface area contributed by atoms with E-state index in [4.69, 9.17) is 0 Å². The van der Waals surface area contributed by atoms with Crippen LogP contribution in [-0.2, 0) is 4.79 Å². The highest BCUT2D eigenvalue weighted by atomic mass is 19.4. The van der Waals surface area contributed by atoms with Gasteiger partial charge in [-0.2, -0.15) is 13.2 Å². The number of anilines is 1. The van der Waals surface area contributed by atoms with E-state index in [-0.39, 0.29) is 24.5 Å². The zero-order valence-electron chi connectivity index (χ0n) is 15.5. The minimum atomic E-state index is -4.67. The first-order valence-electron chi connectivity index (χ1n) is 9.47. The van der Waals surface area contributed by atoms with Crippen molar-refractivity contribution < 1.29 is 23.1 Å². The van der Waals surface area contributed by atoms with Crippen molar-refractivity contribution in [2.45, 2.75) is 38.5 Å². The molecule has 3 heterocycles. The molecule has 0 aromatic carbocycles. The summed E-state index contributed by atoms with van der Waals surface area (Å²) >= 11 is 0. The lowest BCUT2D eigenvalue weighted by atomic mass is 9.74. The lowest BCUT2D eigenvalue weighted by Gasteiger charge is -2.36. The topological polar surface area (TPSA) is 65.8 Å². The van der Waals surface area contributed by atoms with E-state index in [2.05, 4.69) is 14.9 Å². The Morgan fingerprint density at radius 3 is 2.61 bits per heavy atom. The Kier molecular flexibility index (Phi) is 4.77. The molecule has 0 unspecified atom stereocenters. The molecule has 8 heteroatoms. The van der Waals surface area contributed by atoms with Crippen LogP contribution in [0.25, 0.3) is 0 Å². The standard InChI is InChI=1S/C20H22F3N3O2/c1-11-2-5-24-15(8-11)26-6-3-12(4-7-26)18-16-13(10-25-18)9-14(27)19(28)17(16)20(21,22)23/h2,5,8,12,17,19,28H,3-4,6-7,9-10H2,1H3/t17-,19+/m0/s1. The molecule has 1 N–H and O–H groups in total. The molecule has 2 atom stereocenters. The summed E-state index contributed by atoms with van der Waals surface area (Å²) in [6, 6.07) is 3.92. The van der Waals surface area contributed by atoms with E-state index >= 15 is 0 Å². The number of halogens is 3. The van der Waals surface area contributed by atoms with Gasteiger partial charge in [-0.3, -0.25) is 9.79 Å². The van der Waals surface area contributed by atoms with Crippen molar-refractivity contribution in [3.05, 3.63) is 35.0 Å². The van der Waals surface area contributed by atoms with Crippen molar-refractivity contribution in [1.82, 2.24) is 4.98 Å². The molecule has 1 aliphatic carbocycles. The van der Waals surface area contributed by atoms with Gasteiger partial charge in [0.1, 0.15) is 17.8 Å². The number of aliphatic imine (C=N–C) groups is 1. The summed E-state index contributed by atoms with van der Waals surface area (Å²) in [5.74, 6) is -2.14. The van der Waals surface area contributed by atoms with Gasteiger partial charge in [-0.05, 0) is 48.6 Å². The maximum atomic E-state index is 13.6. The van der Waals surface area contributed by atoms with Crippen molar-refractivity contribution in [3.8, 4) is 0 Å². The molecule has 4 rings (SSSR count). The quantitative estimate of drug-likeness (QED) is 0.839. The van der Waals surface area contributed by atoms with Gasteiger partial charge in [0.25, 0.3) is 0 Å². The predicted molar refractivity (Wildman–Crippen MR) is 98.4 cm³/mol. The number of piperidine rings is 1. The number of rotatable bonds is 2. The number of aliphatic hydroxyl groups excluding tert-OH is 1. The smallest absolute Gasteiger partial charge is 0.384 e. The van der Waals surface area contributed by atoms with E-state index in [1.54, 1.807) is 6.20 Å². The number of aryl methyl sites for hydroxylation is 1. The number of carbonyl (C=O) groups excluding carboxylic acids is 1. The van der Waals surface area contributed by atoms with Gasteiger partial charge in [0.15, 0.2) is 5.78 Å². The molecule has 3 aliphatic rings. The summed E-state index contributed by atoms with van der Waals surface area (Å²) in [5, 5.41) is 9.98. The average Bonchev–Trinajstić information content (AvgIpc) is 3.04. The van der Waals surface area contributed by atoms with Crippen molar-refractivity contribution in [2.75, 3.05) is 24.5 Å². The molecule has 2 aliphatic heterocycles. The number of aromatic nitrogens is 1. The summed E-state index contributed by atoms with van der Waals surface area (Å²) in [6.45, 7) is 3.49. The number of Topliss-reactive ketones (excluding diaryl/α,β-unsaturated/α-hetero) is 1. The molecule has 150 valence electrons. The Balaban J connectivity index is 1.54. The van der Waals surface area contributed by atoms with Crippen molar-refractivity contribution in [2.24, 2.45) is 16.8 Å². The highest BCUT2D eigenvalue weighted by Gasteiger charge is 2.54. The lowest BCUT2D eigenvalue weighted by molar-refractivity contribution is -0.190. The van der Waals surface area contributed by atoms with E-state index < -0.39 is 24.0 Å². The van der Waals surface area contributed by atoms with Crippen LogP contribution in [0.1, 0.15) is 24.8 Å². The van der Waals surface area contributed by atoms with Gasteiger partial charge in [0.05, 0.1) is 6.54 Å². The van der Waals surface area contributed by atoms with Crippen LogP contribution >= 0.6 is 0 Å². The van der Waals surface area contributed by atoms with Crippen LogP contribution in [0.5, 0.6) is 0 Å². The van der Waals surface area contributed by atoms with Gasteiger partial charge in [-0.15, -0.1) is 0 Å². The molecule has 0 saturated carbocycles. The van der Waals surface area contributed by atoms with Crippen LogP contribution in [0.2, 0.25) is 0 Å². The minimum absolute atomic E-state index is 0.0757. The molecule has 1 aromatic rings. The van der Waals surface area contributed by atoms with Gasteiger partial charge in [0, 0.05) is 37.3 Å². The normalized spacial score (nSPS) is 26.5. The molecule has 0 radical (unpaired) electrons. The first-order chi connectivity index (χ1) is 13.3.